The number of benzene rings is 3. The minimum absolute atomic E-state index is 0.169. The van der Waals surface area contributed by atoms with Gasteiger partial charge >= 0.3 is 5.97 Å². The van der Waals surface area contributed by atoms with Crippen molar-refractivity contribution in [3.63, 3.8) is 0 Å². The lowest BCUT2D eigenvalue weighted by atomic mass is 9.83. The molecular formula is C23H20O4S. The predicted molar refractivity (Wildman–Crippen MR) is 108 cm³/mol. The third-order valence-corrected chi connectivity index (χ3v) is 7.66. The number of carbonyl (C=O) groups is 1. The number of carboxylic acid groups (broad SMARTS) is 1. The Labute approximate surface area is 164 Å². The van der Waals surface area contributed by atoms with Gasteiger partial charge in [-0.2, -0.15) is 0 Å². The van der Waals surface area contributed by atoms with E-state index < -0.39 is 27.0 Å². The fraction of sp³-hybridized carbons (Fsp3) is 0.174. The Kier molecular flexibility index (Phi) is 4.77. The van der Waals surface area contributed by atoms with Crippen molar-refractivity contribution in [3.8, 4) is 11.1 Å². The van der Waals surface area contributed by atoms with Crippen LogP contribution in [0, 0.1) is 5.92 Å². The normalized spacial score (nSPS) is 19.0. The molecule has 1 unspecified atom stereocenters. The zero-order chi connectivity index (χ0) is 19.7. The predicted octanol–water partition coefficient (Wildman–Crippen LogP) is 4.00. The lowest BCUT2D eigenvalue weighted by Crippen LogP contribution is -2.41. The van der Waals surface area contributed by atoms with Gasteiger partial charge < -0.3 is 5.11 Å². The smallest absolute Gasteiger partial charge is 0.308 e. The summed E-state index contributed by atoms with van der Waals surface area (Å²) in [5.74, 6) is -2.02. The summed E-state index contributed by atoms with van der Waals surface area (Å²) in [4.78, 5) is 12.0. The van der Waals surface area contributed by atoms with Crippen LogP contribution in [0.1, 0.15) is 11.1 Å². The van der Waals surface area contributed by atoms with Crippen LogP contribution >= 0.6 is 0 Å². The Morgan fingerprint density at radius 3 is 1.89 bits per heavy atom. The summed E-state index contributed by atoms with van der Waals surface area (Å²) >= 11 is 0. The molecule has 28 heavy (non-hydrogen) atoms. The summed E-state index contributed by atoms with van der Waals surface area (Å²) in [6, 6.07) is 23.9. The molecule has 4 rings (SSSR count). The van der Waals surface area contributed by atoms with Crippen LogP contribution in [0.2, 0.25) is 0 Å². The highest BCUT2D eigenvalue weighted by molar-refractivity contribution is 7.92. The standard InChI is InChI=1S/C23H20O4S/c24-23(25)21-14-18-8-4-5-9-19(18)15-22(21)28(26,27)20-12-10-17(11-13-20)16-6-2-1-3-7-16/h1-13,21-22H,14-15H2,(H,24,25)/t21-,22?/m0/s1. The number of rotatable bonds is 4. The molecule has 0 spiro atoms. The molecule has 0 bridgehead atoms. The van der Waals surface area contributed by atoms with Gasteiger partial charge in [-0.15, -0.1) is 0 Å². The van der Waals surface area contributed by atoms with Gasteiger partial charge in [-0.1, -0.05) is 66.7 Å². The van der Waals surface area contributed by atoms with Gasteiger partial charge in [-0.25, -0.2) is 8.42 Å². The highest BCUT2D eigenvalue weighted by Gasteiger charge is 2.42. The van der Waals surface area contributed by atoms with Gasteiger partial charge in [0, 0.05) is 0 Å². The summed E-state index contributed by atoms with van der Waals surface area (Å²) in [5.41, 5.74) is 3.75. The number of aliphatic carboxylic acids is 1. The highest BCUT2D eigenvalue weighted by atomic mass is 32.2. The number of fused-ring (bicyclic) bond motifs is 1. The lowest BCUT2D eigenvalue weighted by molar-refractivity contribution is -0.141. The van der Waals surface area contributed by atoms with E-state index in [2.05, 4.69) is 0 Å². The fourth-order valence-corrected chi connectivity index (χ4v) is 5.81. The van der Waals surface area contributed by atoms with E-state index in [1.165, 1.54) is 0 Å². The van der Waals surface area contributed by atoms with Gasteiger partial charge in [-0.3, -0.25) is 4.79 Å². The Bertz CT molecular complexity index is 1100. The third kappa shape index (κ3) is 3.34. The van der Waals surface area contributed by atoms with Crippen LogP contribution in [0.3, 0.4) is 0 Å². The molecule has 0 amide bonds. The summed E-state index contributed by atoms with van der Waals surface area (Å²) in [5, 5.41) is 8.70. The Morgan fingerprint density at radius 2 is 1.29 bits per heavy atom. The first kappa shape index (κ1) is 18.4. The van der Waals surface area contributed by atoms with Crippen molar-refractivity contribution >= 4 is 15.8 Å². The Balaban J connectivity index is 1.70. The Morgan fingerprint density at radius 1 is 0.750 bits per heavy atom. The summed E-state index contributed by atoms with van der Waals surface area (Å²) in [7, 11) is -3.78. The maximum Gasteiger partial charge on any atom is 0.308 e. The van der Waals surface area contributed by atoms with Gasteiger partial charge in [0.15, 0.2) is 9.84 Å². The molecular weight excluding hydrogens is 372 g/mol. The van der Waals surface area contributed by atoms with Crippen LogP contribution in [0.15, 0.2) is 83.8 Å². The number of hydrogen-bond donors (Lipinski definition) is 1. The monoisotopic (exact) mass is 392 g/mol. The van der Waals surface area contributed by atoms with Crippen LogP contribution in [-0.4, -0.2) is 24.7 Å². The van der Waals surface area contributed by atoms with E-state index in [1.807, 2.05) is 54.6 Å². The van der Waals surface area contributed by atoms with Gasteiger partial charge in [0.2, 0.25) is 0 Å². The van der Waals surface area contributed by atoms with Gasteiger partial charge in [0.1, 0.15) is 0 Å². The SMILES string of the molecule is O=C(O)[C@H]1Cc2ccccc2CC1S(=O)(=O)c1ccc(-c2ccccc2)cc1. The second-order valence-electron chi connectivity index (χ2n) is 7.10. The quantitative estimate of drug-likeness (QED) is 0.729. The number of sulfone groups is 1. The molecule has 142 valence electrons. The Hall–Kier alpha value is -2.92. The van der Waals surface area contributed by atoms with Gasteiger partial charge in [0.25, 0.3) is 0 Å². The van der Waals surface area contributed by atoms with Gasteiger partial charge in [0.05, 0.1) is 16.1 Å². The molecule has 0 saturated carbocycles. The minimum atomic E-state index is -3.78. The molecule has 2 atom stereocenters. The fourth-order valence-electron chi connectivity index (χ4n) is 3.90. The molecule has 0 aromatic heterocycles. The molecule has 0 fully saturated rings. The van der Waals surface area contributed by atoms with Crippen molar-refractivity contribution in [2.75, 3.05) is 0 Å². The van der Waals surface area contributed by atoms with Crippen molar-refractivity contribution in [2.45, 2.75) is 23.0 Å². The second-order valence-corrected chi connectivity index (χ2v) is 9.26. The maximum absolute atomic E-state index is 13.3. The van der Waals surface area contributed by atoms with Crippen molar-refractivity contribution in [3.05, 3.63) is 90.0 Å². The second kappa shape index (κ2) is 7.24. The first-order chi connectivity index (χ1) is 13.5. The van der Waals surface area contributed by atoms with Crippen LogP contribution < -0.4 is 0 Å². The molecule has 1 aliphatic rings. The maximum atomic E-state index is 13.3. The number of carboxylic acids is 1. The van der Waals surface area contributed by atoms with Crippen molar-refractivity contribution in [1.82, 2.24) is 0 Å². The van der Waals surface area contributed by atoms with Crippen molar-refractivity contribution < 1.29 is 18.3 Å². The molecule has 0 heterocycles. The molecule has 3 aromatic rings. The number of hydrogen-bond acceptors (Lipinski definition) is 3. The largest absolute Gasteiger partial charge is 0.481 e. The average Bonchev–Trinajstić information content (AvgIpc) is 2.73. The lowest BCUT2D eigenvalue weighted by Gasteiger charge is -2.30. The summed E-state index contributed by atoms with van der Waals surface area (Å²) in [6.45, 7) is 0. The topological polar surface area (TPSA) is 71.4 Å². The molecule has 5 heteroatoms. The van der Waals surface area contributed by atoms with E-state index in [0.29, 0.717) is 0 Å². The zero-order valence-corrected chi connectivity index (χ0v) is 16.0. The minimum Gasteiger partial charge on any atom is -0.481 e. The summed E-state index contributed by atoms with van der Waals surface area (Å²) < 4.78 is 26.6. The van der Waals surface area contributed by atoms with E-state index in [9.17, 15) is 18.3 Å². The van der Waals surface area contributed by atoms with Gasteiger partial charge in [-0.05, 0) is 47.2 Å². The van der Waals surface area contributed by atoms with Crippen molar-refractivity contribution in [1.29, 1.82) is 0 Å². The van der Waals surface area contributed by atoms with Crippen LogP contribution in [0.25, 0.3) is 11.1 Å². The first-order valence-electron chi connectivity index (χ1n) is 9.16. The third-order valence-electron chi connectivity index (χ3n) is 5.43. The van der Waals surface area contributed by atoms with E-state index in [-0.39, 0.29) is 17.7 Å². The first-order valence-corrected chi connectivity index (χ1v) is 10.7. The molecule has 0 saturated heterocycles. The molecule has 0 radical (unpaired) electrons. The van der Waals surface area contributed by atoms with Crippen molar-refractivity contribution in [2.24, 2.45) is 5.92 Å². The van der Waals surface area contributed by atoms with E-state index >= 15 is 0 Å². The average molecular weight is 392 g/mol. The molecule has 3 aromatic carbocycles. The van der Waals surface area contributed by atoms with E-state index in [1.54, 1.807) is 24.3 Å². The molecule has 1 N–H and O–H groups in total. The highest BCUT2D eigenvalue weighted by Crippen LogP contribution is 2.34. The van der Waals surface area contributed by atoms with E-state index in [0.717, 1.165) is 22.3 Å². The molecule has 4 nitrogen and oxygen atoms in total. The summed E-state index contributed by atoms with van der Waals surface area (Å²) in [6.07, 6.45) is 0.452. The molecule has 0 aliphatic heterocycles. The van der Waals surface area contributed by atoms with Crippen LogP contribution in [0.4, 0.5) is 0 Å². The van der Waals surface area contributed by atoms with E-state index in [4.69, 9.17) is 0 Å². The molecule has 1 aliphatic carbocycles. The zero-order valence-electron chi connectivity index (χ0n) is 15.2. The van der Waals surface area contributed by atoms with Crippen LogP contribution in [-0.2, 0) is 27.5 Å². The van der Waals surface area contributed by atoms with Crippen LogP contribution in [0.5, 0.6) is 0 Å².